The molecular weight excluding hydrogens is 702 g/mol. The Morgan fingerprint density at radius 2 is 1.24 bits per heavy atom. The van der Waals surface area contributed by atoms with E-state index < -0.39 is 70.7 Å². The molecule has 4 amide bonds. The highest BCUT2D eigenvalue weighted by molar-refractivity contribution is 5.89. The van der Waals surface area contributed by atoms with E-state index in [-0.39, 0.29) is 25.0 Å². The van der Waals surface area contributed by atoms with Gasteiger partial charge in [-0.25, -0.2) is 9.59 Å². The van der Waals surface area contributed by atoms with Crippen LogP contribution in [0.25, 0.3) is 11.3 Å². The third kappa shape index (κ3) is 13.8. The van der Waals surface area contributed by atoms with Gasteiger partial charge in [-0.2, -0.15) is 0 Å². The number of nitrogens with zero attached hydrogens (tertiary/aromatic N) is 1. The van der Waals surface area contributed by atoms with Gasteiger partial charge < -0.3 is 36.2 Å². The van der Waals surface area contributed by atoms with Gasteiger partial charge in [0.2, 0.25) is 11.8 Å². The zero-order valence-corrected chi connectivity index (χ0v) is 33.3. The molecule has 298 valence electrons. The van der Waals surface area contributed by atoms with Gasteiger partial charge in [-0.05, 0) is 74.1 Å². The van der Waals surface area contributed by atoms with Gasteiger partial charge in [0.25, 0.3) is 0 Å². The number of carbonyl (C=O) groups is 5. The average Bonchev–Trinajstić information content (AvgIpc) is 3.09. The lowest BCUT2D eigenvalue weighted by molar-refractivity contribution is -0.132. The monoisotopic (exact) mass is 759 g/mol. The van der Waals surface area contributed by atoms with Gasteiger partial charge in [0, 0.05) is 17.8 Å². The number of rotatable bonds is 16. The smallest absolute Gasteiger partial charge is 0.408 e. The highest BCUT2D eigenvalue weighted by Gasteiger charge is 2.39. The maximum absolute atomic E-state index is 14.0. The molecule has 3 aromatic rings. The van der Waals surface area contributed by atoms with Crippen molar-refractivity contribution in [1.29, 1.82) is 0 Å². The number of nitrogens with one attached hydrogen (secondary N) is 4. The normalized spacial score (nSPS) is 14.7. The number of alkyl carbamates (subject to hydrolysis) is 1. The van der Waals surface area contributed by atoms with Gasteiger partial charge in [-0.15, -0.1) is 0 Å². The molecule has 1 heterocycles. The number of ketones is 1. The van der Waals surface area contributed by atoms with Crippen LogP contribution in [0.3, 0.4) is 0 Å². The van der Waals surface area contributed by atoms with Crippen LogP contribution in [0.15, 0.2) is 79.0 Å². The molecule has 0 unspecified atom stereocenters. The third-order valence-electron chi connectivity index (χ3n) is 9.34. The van der Waals surface area contributed by atoms with E-state index in [9.17, 15) is 34.2 Å². The average molecular weight is 760 g/mol. The molecule has 6 N–H and O–H groups in total. The summed E-state index contributed by atoms with van der Waals surface area (Å²) in [5.74, 6) is -1.53. The molecular formula is C42H57N5O8. The molecule has 0 fully saturated rings. The van der Waals surface area contributed by atoms with Crippen LogP contribution in [-0.4, -0.2) is 80.9 Å². The zero-order valence-electron chi connectivity index (χ0n) is 33.3. The number of pyridine rings is 1. The Labute approximate surface area is 324 Å². The number of aliphatic hydroxyl groups excluding tert-OH is 1. The van der Waals surface area contributed by atoms with Crippen molar-refractivity contribution in [2.45, 2.75) is 117 Å². The molecule has 0 saturated carbocycles. The number of benzene rings is 2. The summed E-state index contributed by atoms with van der Waals surface area (Å²) < 4.78 is 5.35. The van der Waals surface area contributed by atoms with E-state index in [1.54, 1.807) is 47.7 Å². The van der Waals surface area contributed by atoms with Gasteiger partial charge in [0.05, 0.1) is 17.8 Å². The van der Waals surface area contributed by atoms with Crippen LogP contribution in [0.2, 0.25) is 0 Å². The number of aromatic nitrogens is 1. The van der Waals surface area contributed by atoms with Crippen molar-refractivity contribution in [3.63, 3.8) is 0 Å². The predicted octanol–water partition coefficient (Wildman–Crippen LogP) is 5.45. The fraction of sp³-hybridized carbons (Fsp3) is 0.476. The lowest BCUT2D eigenvalue weighted by atomic mass is 9.85. The molecule has 5 atom stereocenters. The number of carboxylic acid groups (broad SMARTS) is 1. The SMILES string of the molecule is CC(=O)C(C)(C)OC(=O)N[C@H](C(=O)N[C@@H](Cc1ccccc1)[C@@H](O)C[C@H](Cc1ccc(-c2ccccn2)cc1)NC(=O)[C@@H](NC(=O)O)C(C)(C)C)C(C)(C)C. The highest BCUT2D eigenvalue weighted by atomic mass is 16.6. The van der Waals surface area contributed by atoms with E-state index in [2.05, 4.69) is 26.3 Å². The lowest BCUT2D eigenvalue weighted by Crippen LogP contribution is -2.59. The highest BCUT2D eigenvalue weighted by Crippen LogP contribution is 2.24. The minimum Gasteiger partial charge on any atom is -0.465 e. The predicted molar refractivity (Wildman–Crippen MR) is 210 cm³/mol. The van der Waals surface area contributed by atoms with Crippen LogP contribution >= 0.6 is 0 Å². The summed E-state index contributed by atoms with van der Waals surface area (Å²) in [6.45, 7) is 14.7. The molecule has 0 saturated heterocycles. The quantitative estimate of drug-likeness (QED) is 0.110. The molecule has 0 radical (unpaired) electrons. The van der Waals surface area contributed by atoms with Crippen LogP contribution in [0.1, 0.15) is 79.9 Å². The van der Waals surface area contributed by atoms with Crippen molar-refractivity contribution >= 4 is 29.8 Å². The Morgan fingerprint density at radius 3 is 1.76 bits per heavy atom. The number of aliphatic hydroxyl groups is 1. The maximum Gasteiger partial charge on any atom is 0.408 e. The molecule has 3 rings (SSSR count). The molecule has 1 aromatic heterocycles. The summed E-state index contributed by atoms with van der Waals surface area (Å²) in [5.41, 5.74) is 0.324. The molecule has 0 aliphatic heterocycles. The Kier molecular flexibility index (Phi) is 15.1. The van der Waals surface area contributed by atoms with E-state index in [4.69, 9.17) is 4.74 Å². The standard InChI is InChI=1S/C42H57N5O8/c1-26(48)42(8,9)55-39(54)47-35(41(5,6)7)37(51)45-32(24-27-15-11-10-12-16-27)33(49)25-30(44-36(50)34(40(2,3)4)46-38(52)53)23-28-18-20-29(21-19-28)31-17-13-14-22-43-31/h10-22,30,32-35,46,49H,23-25H2,1-9H3,(H,44,50)(H,45,51)(H,47,54)(H,52,53)/t30-,32-,33-,34+,35+/m0/s1. The van der Waals surface area contributed by atoms with Gasteiger partial charge in [0.15, 0.2) is 11.4 Å². The van der Waals surface area contributed by atoms with E-state index in [1.807, 2.05) is 72.8 Å². The van der Waals surface area contributed by atoms with Gasteiger partial charge in [0.1, 0.15) is 12.1 Å². The number of carbonyl (C=O) groups excluding carboxylic acids is 4. The number of ether oxygens (including phenoxy) is 1. The lowest BCUT2D eigenvalue weighted by Gasteiger charge is -2.35. The minimum absolute atomic E-state index is 0.0299. The molecule has 0 aliphatic carbocycles. The van der Waals surface area contributed by atoms with E-state index >= 15 is 0 Å². The summed E-state index contributed by atoms with van der Waals surface area (Å²) >= 11 is 0. The van der Waals surface area contributed by atoms with Crippen LogP contribution in [-0.2, 0) is 32.0 Å². The first-order valence-electron chi connectivity index (χ1n) is 18.4. The summed E-state index contributed by atoms with van der Waals surface area (Å²) in [7, 11) is 0. The Balaban J connectivity index is 1.96. The zero-order chi connectivity index (χ0) is 41.1. The van der Waals surface area contributed by atoms with Crippen LogP contribution in [0, 0.1) is 10.8 Å². The maximum atomic E-state index is 14.0. The summed E-state index contributed by atoms with van der Waals surface area (Å²) in [4.78, 5) is 68.9. The van der Waals surface area contributed by atoms with Gasteiger partial charge in [-0.3, -0.25) is 19.4 Å². The molecule has 0 bridgehead atoms. The summed E-state index contributed by atoms with van der Waals surface area (Å²) in [5, 5.41) is 32.4. The Bertz CT molecular complexity index is 1750. The van der Waals surface area contributed by atoms with Crippen molar-refractivity contribution in [1.82, 2.24) is 26.3 Å². The summed E-state index contributed by atoms with van der Waals surface area (Å²) in [6.07, 6.45) is -1.38. The first-order valence-corrected chi connectivity index (χ1v) is 18.4. The van der Waals surface area contributed by atoms with Crippen LogP contribution in [0.5, 0.6) is 0 Å². The summed E-state index contributed by atoms with van der Waals surface area (Å²) in [6, 6.07) is 18.7. The number of amides is 4. The molecule has 2 aromatic carbocycles. The first kappa shape index (κ1) is 44.1. The Morgan fingerprint density at radius 1 is 0.691 bits per heavy atom. The van der Waals surface area contributed by atoms with Crippen LogP contribution in [0.4, 0.5) is 9.59 Å². The molecule has 55 heavy (non-hydrogen) atoms. The van der Waals surface area contributed by atoms with Crippen molar-refractivity contribution in [3.8, 4) is 11.3 Å². The number of Topliss-reactive ketones (excluding diaryl/α,β-unsaturated/α-hetero) is 1. The second-order valence-electron chi connectivity index (χ2n) is 16.6. The first-order chi connectivity index (χ1) is 25.6. The second kappa shape index (κ2) is 18.8. The van der Waals surface area contributed by atoms with E-state index in [0.29, 0.717) is 0 Å². The van der Waals surface area contributed by atoms with Gasteiger partial charge >= 0.3 is 12.2 Å². The number of hydrogen-bond acceptors (Lipinski definition) is 8. The topological polar surface area (TPSA) is 196 Å². The molecule has 13 nitrogen and oxygen atoms in total. The van der Waals surface area contributed by atoms with Crippen molar-refractivity contribution in [3.05, 3.63) is 90.1 Å². The van der Waals surface area contributed by atoms with E-state index in [1.165, 1.54) is 20.8 Å². The second-order valence-corrected chi connectivity index (χ2v) is 16.6. The Hall–Kier alpha value is -5.30. The fourth-order valence-corrected chi connectivity index (χ4v) is 5.91. The number of hydrogen-bond donors (Lipinski definition) is 6. The minimum atomic E-state index is -1.42. The van der Waals surface area contributed by atoms with Gasteiger partial charge in [-0.1, -0.05) is 102 Å². The van der Waals surface area contributed by atoms with E-state index in [0.717, 1.165) is 22.4 Å². The molecule has 0 aliphatic rings. The third-order valence-corrected chi connectivity index (χ3v) is 9.34. The van der Waals surface area contributed by atoms with Crippen LogP contribution < -0.4 is 21.3 Å². The molecule has 0 spiro atoms. The molecule has 13 heteroatoms. The fourth-order valence-electron chi connectivity index (χ4n) is 5.91. The van der Waals surface area contributed by atoms with Crippen molar-refractivity contribution in [2.75, 3.05) is 0 Å². The van der Waals surface area contributed by atoms with Crippen molar-refractivity contribution in [2.24, 2.45) is 10.8 Å². The van der Waals surface area contributed by atoms with Crippen molar-refractivity contribution < 1.29 is 38.9 Å². The largest absolute Gasteiger partial charge is 0.465 e.